The number of benzene rings is 2. The monoisotopic (exact) mass is 330 g/mol. The second-order valence-corrected chi connectivity index (χ2v) is 5.75. The SMILES string of the molecule is Cc1ccccc1CNC(=O)CN(C)CCOc1cccc(F)c1. The third-order valence-electron chi connectivity index (χ3n) is 3.69. The second-order valence-electron chi connectivity index (χ2n) is 5.75. The molecule has 2 aromatic rings. The Morgan fingerprint density at radius 1 is 1.21 bits per heavy atom. The highest BCUT2D eigenvalue weighted by molar-refractivity contribution is 5.78. The molecule has 5 heteroatoms. The molecule has 0 saturated carbocycles. The van der Waals surface area contributed by atoms with Gasteiger partial charge in [0.15, 0.2) is 0 Å². The summed E-state index contributed by atoms with van der Waals surface area (Å²) in [4.78, 5) is 13.8. The van der Waals surface area contributed by atoms with Gasteiger partial charge in [-0.1, -0.05) is 30.3 Å². The molecule has 0 fully saturated rings. The molecule has 0 heterocycles. The highest BCUT2D eigenvalue weighted by Gasteiger charge is 2.07. The van der Waals surface area contributed by atoms with Crippen molar-refractivity contribution in [2.24, 2.45) is 0 Å². The zero-order valence-electron chi connectivity index (χ0n) is 14.1. The Bertz CT molecular complexity index is 676. The van der Waals surface area contributed by atoms with E-state index in [0.29, 0.717) is 32.0 Å². The van der Waals surface area contributed by atoms with Crippen LogP contribution in [0.5, 0.6) is 5.75 Å². The van der Waals surface area contributed by atoms with Crippen molar-refractivity contribution in [3.05, 3.63) is 65.5 Å². The van der Waals surface area contributed by atoms with Crippen LogP contribution < -0.4 is 10.1 Å². The van der Waals surface area contributed by atoms with E-state index < -0.39 is 0 Å². The van der Waals surface area contributed by atoms with Crippen LogP contribution in [-0.2, 0) is 11.3 Å². The number of carbonyl (C=O) groups is 1. The van der Waals surface area contributed by atoms with Crippen molar-refractivity contribution >= 4 is 5.91 Å². The number of rotatable bonds is 8. The molecule has 128 valence electrons. The molecule has 0 radical (unpaired) electrons. The maximum Gasteiger partial charge on any atom is 0.234 e. The molecule has 0 bridgehead atoms. The standard InChI is InChI=1S/C19H23FN2O2/c1-15-6-3-4-7-16(15)13-21-19(23)14-22(2)10-11-24-18-9-5-8-17(20)12-18/h3-9,12H,10-11,13-14H2,1-2H3,(H,21,23). The summed E-state index contributed by atoms with van der Waals surface area (Å²) in [6, 6.07) is 14.0. The van der Waals surface area contributed by atoms with Crippen molar-refractivity contribution in [2.45, 2.75) is 13.5 Å². The molecule has 0 aliphatic rings. The van der Waals surface area contributed by atoms with Gasteiger partial charge >= 0.3 is 0 Å². The molecule has 0 aromatic heterocycles. The Morgan fingerprint density at radius 2 is 2.00 bits per heavy atom. The number of amides is 1. The number of carbonyl (C=O) groups excluding carboxylic acids is 1. The van der Waals surface area contributed by atoms with E-state index in [1.165, 1.54) is 12.1 Å². The van der Waals surface area contributed by atoms with E-state index in [1.807, 2.05) is 43.1 Å². The minimum absolute atomic E-state index is 0.0356. The average Bonchev–Trinajstić information content (AvgIpc) is 2.54. The number of hydrogen-bond acceptors (Lipinski definition) is 3. The summed E-state index contributed by atoms with van der Waals surface area (Å²) in [5.41, 5.74) is 2.28. The largest absolute Gasteiger partial charge is 0.492 e. The zero-order valence-corrected chi connectivity index (χ0v) is 14.1. The van der Waals surface area contributed by atoms with Crippen LogP contribution in [0.3, 0.4) is 0 Å². The Morgan fingerprint density at radius 3 is 2.75 bits per heavy atom. The molecular formula is C19H23FN2O2. The van der Waals surface area contributed by atoms with Crippen LogP contribution >= 0.6 is 0 Å². The molecule has 0 atom stereocenters. The van der Waals surface area contributed by atoms with Gasteiger partial charge in [-0.3, -0.25) is 9.69 Å². The number of halogens is 1. The number of ether oxygens (including phenoxy) is 1. The third kappa shape index (κ3) is 6.01. The summed E-state index contributed by atoms with van der Waals surface area (Å²) in [5, 5.41) is 2.92. The van der Waals surface area contributed by atoms with Gasteiger partial charge in [-0.25, -0.2) is 4.39 Å². The fraction of sp³-hybridized carbons (Fsp3) is 0.316. The summed E-state index contributed by atoms with van der Waals surface area (Å²) < 4.78 is 18.5. The first kappa shape index (κ1) is 17.9. The number of likely N-dealkylation sites (N-methyl/N-ethyl adjacent to an activating group) is 1. The molecule has 1 amide bonds. The van der Waals surface area contributed by atoms with Gasteiger partial charge in [0.1, 0.15) is 18.2 Å². The van der Waals surface area contributed by atoms with E-state index in [4.69, 9.17) is 4.74 Å². The lowest BCUT2D eigenvalue weighted by molar-refractivity contribution is -0.122. The summed E-state index contributed by atoms with van der Waals surface area (Å²) in [7, 11) is 1.85. The molecule has 0 aliphatic heterocycles. The predicted molar refractivity (Wildman–Crippen MR) is 92.4 cm³/mol. The molecule has 4 nitrogen and oxygen atoms in total. The van der Waals surface area contributed by atoms with Crippen LogP contribution in [0.25, 0.3) is 0 Å². The maximum atomic E-state index is 13.0. The highest BCUT2D eigenvalue weighted by atomic mass is 19.1. The summed E-state index contributed by atoms with van der Waals surface area (Å²) in [6.45, 7) is 3.81. The van der Waals surface area contributed by atoms with Gasteiger partial charge in [-0.05, 0) is 37.2 Å². The molecule has 0 aliphatic carbocycles. The van der Waals surface area contributed by atoms with Crippen molar-refractivity contribution in [1.29, 1.82) is 0 Å². The molecule has 0 unspecified atom stereocenters. The number of nitrogens with zero attached hydrogens (tertiary/aromatic N) is 1. The molecule has 2 rings (SSSR count). The van der Waals surface area contributed by atoms with E-state index in [0.717, 1.165) is 11.1 Å². The lowest BCUT2D eigenvalue weighted by Crippen LogP contribution is -2.36. The van der Waals surface area contributed by atoms with Crippen LogP contribution in [0.1, 0.15) is 11.1 Å². The Hall–Kier alpha value is -2.40. The van der Waals surface area contributed by atoms with Crippen LogP contribution in [0, 0.1) is 12.7 Å². The van der Waals surface area contributed by atoms with E-state index in [1.54, 1.807) is 12.1 Å². The van der Waals surface area contributed by atoms with Crippen molar-refractivity contribution in [3.63, 3.8) is 0 Å². The molecule has 1 N–H and O–H groups in total. The van der Waals surface area contributed by atoms with Gasteiger partial charge in [-0.15, -0.1) is 0 Å². The van der Waals surface area contributed by atoms with Gasteiger partial charge in [-0.2, -0.15) is 0 Å². The Labute approximate surface area is 142 Å². The van der Waals surface area contributed by atoms with Gasteiger partial charge < -0.3 is 10.1 Å². The fourth-order valence-electron chi connectivity index (χ4n) is 2.26. The van der Waals surface area contributed by atoms with E-state index in [-0.39, 0.29) is 11.7 Å². The van der Waals surface area contributed by atoms with Crippen molar-refractivity contribution in [3.8, 4) is 5.75 Å². The normalized spacial score (nSPS) is 10.7. The third-order valence-corrected chi connectivity index (χ3v) is 3.69. The number of nitrogens with one attached hydrogen (secondary N) is 1. The fourth-order valence-corrected chi connectivity index (χ4v) is 2.26. The van der Waals surface area contributed by atoms with Gasteiger partial charge in [0, 0.05) is 19.2 Å². The van der Waals surface area contributed by atoms with E-state index in [9.17, 15) is 9.18 Å². The smallest absolute Gasteiger partial charge is 0.234 e. The molecule has 24 heavy (non-hydrogen) atoms. The predicted octanol–water partition coefficient (Wildman–Crippen LogP) is 2.76. The lowest BCUT2D eigenvalue weighted by Gasteiger charge is -2.17. The van der Waals surface area contributed by atoms with Crippen molar-refractivity contribution < 1.29 is 13.9 Å². The highest BCUT2D eigenvalue weighted by Crippen LogP contribution is 2.11. The summed E-state index contributed by atoms with van der Waals surface area (Å²) >= 11 is 0. The van der Waals surface area contributed by atoms with E-state index >= 15 is 0 Å². The van der Waals surface area contributed by atoms with Gasteiger partial charge in [0.2, 0.25) is 5.91 Å². The topological polar surface area (TPSA) is 41.6 Å². The van der Waals surface area contributed by atoms with Crippen LogP contribution in [0.2, 0.25) is 0 Å². The van der Waals surface area contributed by atoms with Crippen LogP contribution in [0.15, 0.2) is 48.5 Å². The lowest BCUT2D eigenvalue weighted by atomic mass is 10.1. The summed E-state index contributed by atoms with van der Waals surface area (Å²) in [5.74, 6) is 0.135. The second kappa shape index (κ2) is 9.03. The maximum absolute atomic E-state index is 13.0. The Balaban J connectivity index is 1.67. The number of hydrogen-bond donors (Lipinski definition) is 1. The van der Waals surface area contributed by atoms with Gasteiger partial charge in [0.25, 0.3) is 0 Å². The first-order valence-corrected chi connectivity index (χ1v) is 7.92. The van der Waals surface area contributed by atoms with Crippen LogP contribution in [0.4, 0.5) is 4.39 Å². The minimum Gasteiger partial charge on any atom is -0.492 e. The number of aryl methyl sites for hydroxylation is 1. The first-order chi connectivity index (χ1) is 11.5. The van der Waals surface area contributed by atoms with Crippen molar-refractivity contribution in [1.82, 2.24) is 10.2 Å². The zero-order chi connectivity index (χ0) is 17.4. The minimum atomic E-state index is -0.323. The van der Waals surface area contributed by atoms with Crippen molar-refractivity contribution in [2.75, 3.05) is 26.7 Å². The Kier molecular flexibility index (Phi) is 6.75. The van der Waals surface area contributed by atoms with Gasteiger partial charge in [0.05, 0.1) is 6.54 Å². The first-order valence-electron chi connectivity index (χ1n) is 7.92. The average molecular weight is 330 g/mol. The molecule has 0 saturated heterocycles. The van der Waals surface area contributed by atoms with Crippen LogP contribution in [-0.4, -0.2) is 37.6 Å². The quantitative estimate of drug-likeness (QED) is 0.809. The molecular weight excluding hydrogens is 307 g/mol. The molecule has 0 spiro atoms. The van der Waals surface area contributed by atoms with E-state index in [2.05, 4.69) is 5.32 Å². The molecule has 2 aromatic carbocycles. The summed E-state index contributed by atoms with van der Waals surface area (Å²) in [6.07, 6.45) is 0.